The third-order valence-electron chi connectivity index (χ3n) is 4.25. The molecule has 5 nitrogen and oxygen atoms in total. The van der Waals surface area contributed by atoms with Gasteiger partial charge < -0.3 is 10.0 Å². The van der Waals surface area contributed by atoms with Gasteiger partial charge in [0.05, 0.1) is 11.3 Å². The number of carbonyl (C=O) groups is 2. The number of aromatic carboxylic acids is 1. The van der Waals surface area contributed by atoms with Crippen LogP contribution in [0.15, 0.2) is 24.3 Å². The maximum Gasteiger partial charge on any atom is 0.337 e. The van der Waals surface area contributed by atoms with Gasteiger partial charge in [-0.25, -0.2) is 9.59 Å². The van der Waals surface area contributed by atoms with Gasteiger partial charge in [-0.15, -0.1) is 0 Å². The van der Waals surface area contributed by atoms with E-state index in [-0.39, 0.29) is 11.6 Å². The minimum absolute atomic E-state index is 0.127. The zero-order valence-corrected chi connectivity index (χ0v) is 12.6. The molecule has 0 aliphatic carbocycles. The van der Waals surface area contributed by atoms with E-state index in [2.05, 4.69) is 6.92 Å². The number of piperidine rings is 1. The summed E-state index contributed by atoms with van der Waals surface area (Å²) in [5, 5.41) is 9.22. The molecule has 0 bridgehead atoms. The molecule has 0 saturated carbocycles. The van der Waals surface area contributed by atoms with E-state index in [1.165, 1.54) is 11.0 Å². The number of para-hydroxylation sites is 1. The van der Waals surface area contributed by atoms with Gasteiger partial charge in [-0.1, -0.05) is 25.5 Å². The molecular weight excluding hydrogens is 268 g/mol. The molecule has 1 fully saturated rings. The van der Waals surface area contributed by atoms with Crippen molar-refractivity contribution in [2.75, 3.05) is 25.0 Å². The zero-order valence-electron chi connectivity index (χ0n) is 12.6. The van der Waals surface area contributed by atoms with Crippen molar-refractivity contribution in [2.24, 2.45) is 5.92 Å². The Balaban J connectivity index is 2.11. The van der Waals surface area contributed by atoms with Gasteiger partial charge in [0, 0.05) is 20.1 Å². The van der Waals surface area contributed by atoms with Crippen LogP contribution >= 0.6 is 0 Å². The number of carboxylic acid groups (broad SMARTS) is 1. The zero-order chi connectivity index (χ0) is 15.4. The monoisotopic (exact) mass is 290 g/mol. The average molecular weight is 290 g/mol. The Morgan fingerprint density at radius 2 is 1.90 bits per heavy atom. The largest absolute Gasteiger partial charge is 0.478 e. The molecular formula is C16H22N2O3. The van der Waals surface area contributed by atoms with Gasteiger partial charge in [-0.05, 0) is 30.9 Å². The molecule has 114 valence electrons. The quantitative estimate of drug-likeness (QED) is 0.930. The smallest absolute Gasteiger partial charge is 0.337 e. The highest BCUT2D eigenvalue weighted by atomic mass is 16.4. The van der Waals surface area contributed by atoms with Gasteiger partial charge >= 0.3 is 12.0 Å². The van der Waals surface area contributed by atoms with Crippen molar-refractivity contribution in [2.45, 2.75) is 26.2 Å². The SMILES string of the molecule is CCC1CCN(C(=O)N(C)c2ccccc2C(=O)O)CC1. The number of amides is 2. The predicted octanol–water partition coefficient (Wildman–Crippen LogP) is 3.06. The Morgan fingerprint density at radius 1 is 1.29 bits per heavy atom. The maximum absolute atomic E-state index is 12.5. The minimum atomic E-state index is -1.02. The van der Waals surface area contributed by atoms with Crippen LogP contribution < -0.4 is 4.90 Å². The van der Waals surface area contributed by atoms with Crippen molar-refractivity contribution in [1.29, 1.82) is 0 Å². The number of rotatable bonds is 3. The van der Waals surface area contributed by atoms with Crippen molar-refractivity contribution in [3.63, 3.8) is 0 Å². The molecule has 2 amide bonds. The first kappa shape index (κ1) is 15.4. The van der Waals surface area contributed by atoms with E-state index in [9.17, 15) is 14.7 Å². The minimum Gasteiger partial charge on any atom is -0.478 e. The standard InChI is InChI=1S/C16H22N2O3/c1-3-12-8-10-18(11-9-12)16(21)17(2)14-7-5-4-6-13(14)15(19)20/h4-7,12H,3,8-11H2,1-2H3,(H,19,20). The Hall–Kier alpha value is -2.04. The number of carbonyl (C=O) groups excluding carboxylic acids is 1. The lowest BCUT2D eigenvalue weighted by atomic mass is 9.95. The van der Waals surface area contributed by atoms with Crippen LogP contribution in [-0.4, -0.2) is 42.1 Å². The topological polar surface area (TPSA) is 60.9 Å². The second kappa shape index (κ2) is 6.61. The molecule has 0 atom stereocenters. The molecule has 21 heavy (non-hydrogen) atoms. The normalized spacial score (nSPS) is 15.8. The first-order valence-electron chi connectivity index (χ1n) is 7.39. The summed E-state index contributed by atoms with van der Waals surface area (Å²) in [5.41, 5.74) is 0.587. The second-order valence-electron chi connectivity index (χ2n) is 5.50. The number of anilines is 1. The molecule has 1 saturated heterocycles. The second-order valence-corrected chi connectivity index (χ2v) is 5.50. The van der Waals surface area contributed by atoms with E-state index in [4.69, 9.17) is 0 Å². The van der Waals surface area contributed by atoms with Crippen LogP contribution in [0.25, 0.3) is 0 Å². The van der Waals surface area contributed by atoms with E-state index in [1.54, 1.807) is 25.2 Å². The van der Waals surface area contributed by atoms with E-state index in [1.807, 2.05) is 4.90 Å². The molecule has 1 aromatic rings. The van der Waals surface area contributed by atoms with Crippen LogP contribution in [0.1, 0.15) is 36.5 Å². The van der Waals surface area contributed by atoms with E-state index < -0.39 is 5.97 Å². The highest BCUT2D eigenvalue weighted by molar-refractivity contribution is 6.01. The van der Waals surface area contributed by atoms with Crippen molar-refractivity contribution in [1.82, 2.24) is 4.90 Å². The van der Waals surface area contributed by atoms with Crippen LogP contribution in [-0.2, 0) is 0 Å². The summed E-state index contributed by atoms with van der Waals surface area (Å²) in [5.74, 6) is -0.319. The molecule has 1 aliphatic heterocycles. The fraction of sp³-hybridized carbons (Fsp3) is 0.500. The first-order valence-corrected chi connectivity index (χ1v) is 7.39. The summed E-state index contributed by atoms with van der Waals surface area (Å²) < 4.78 is 0. The van der Waals surface area contributed by atoms with Gasteiger partial charge in [0.2, 0.25) is 0 Å². The summed E-state index contributed by atoms with van der Waals surface area (Å²) in [6.45, 7) is 3.67. The Kier molecular flexibility index (Phi) is 4.83. The van der Waals surface area contributed by atoms with Crippen LogP contribution in [0.4, 0.5) is 10.5 Å². The van der Waals surface area contributed by atoms with Gasteiger partial charge in [0.15, 0.2) is 0 Å². The Labute approximate surface area is 125 Å². The molecule has 0 aromatic heterocycles. The summed E-state index contributed by atoms with van der Waals surface area (Å²) >= 11 is 0. The fourth-order valence-corrected chi connectivity index (χ4v) is 2.79. The summed E-state index contributed by atoms with van der Waals surface area (Å²) in [4.78, 5) is 27.0. The molecule has 5 heteroatoms. The van der Waals surface area contributed by atoms with Crippen molar-refractivity contribution in [3.8, 4) is 0 Å². The number of nitrogens with zero attached hydrogens (tertiary/aromatic N) is 2. The molecule has 1 aromatic carbocycles. The van der Waals surface area contributed by atoms with Crippen molar-refractivity contribution >= 4 is 17.7 Å². The van der Waals surface area contributed by atoms with Crippen molar-refractivity contribution in [3.05, 3.63) is 29.8 Å². The van der Waals surface area contributed by atoms with E-state index in [0.29, 0.717) is 11.6 Å². The number of likely N-dealkylation sites (tertiary alicyclic amines) is 1. The number of hydrogen-bond acceptors (Lipinski definition) is 2. The lowest BCUT2D eigenvalue weighted by Crippen LogP contribution is -2.45. The lowest BCUT2D eigenvalue weighted by molar-refractivity contribution is 0.0697. The average Bonchev–Trinajstić information content (AvgIpc) is 2.53. The predicted molar refractivity (Wildman–Crippen MR) is 81.8 cm³/mol. The Bertz CT molecular complexity index is 522. The molecule has 0 unspecified atom stereocenters. The molecule has 1 aliphatic rings. The third kappa shape index (κ3) is 3.35. The molecule has 0 radical (unpaired) electrons. The van der Waals surface area contributed by atoms with Gasteiger partial charge in [-0.3, -0.25) is 4.90 Å². The van der Waals surface area contributed by atoms with Crippen molar-refractivity contribution < 1.29 is 14.7 Å². The van der Waals surface area contributed by atoms with E-state index >= 15 is 0 Å². The molecule has 0 spiro atoms. The highest BCUT2D eigenvalue weighted by Gasteiger charge is 2.26. The molecule has 2 rings (SSSR count). The first-order chi connectivity index (χ1) is 10.0. The maximum atomic E-state index is 12.5. The number of benzene rings is 1. The fourth-order valence-electron chi connectivity index (χ4n) is 2.79. The summed E-state index contributed by atoms with van der Waals surface area (Å²) in [6.07, 6.45) is 3.20. The van der Waals surface area contributed by atoms with Crippen LogP contribution in [0.2, 0.25) is 0 Å². The van der Waals surface area contributed by atoms with Gasteiger partial charge in [0.1, 0.15) is 0 Å². The van der Waals surface area contributed by atoms with Crippen LogP contribution in [0.5, 0.6) is 0 Å². The van der Waals surface area contributed by atoms with Crippen LogP contribution in [0, 0.1) is 5.92 Å². The lowest BCUT2D eigenvalue weighted by Gasteiger charge is -2.34. The summed E-state index contributed by atoms with van der Waals surface area (Å²) in [7, 11) is 1.63. The highest BCUT2D eigenvalue weighted by Crippen LogP contribution is 2.24. The van der Waals surface area contributed by atoms with Gasteiger partial charge in [0.25, 0.3) is 0 Å². The van der Waals surface area contributed by atoms with Crippen LogP contribution in [0.3, 0.4) is 0 Å². The Morgan fingerprint density at radius 3 is 2.48 bits per heavy atom. The number of hydrogen-bond donors (Lipinski definition) is 1. The molecule has 1 N–H and O–H groups in total. The molecule has 1 heterocycles. The number of carboxylic acids is 1. The summed E-state index contributed by atoms with van der Waals surface area (Å²) in [6, 6.07) is 6.47. The third-order valence-corrected chi connectivity index (χ3v) is 4.25. The van der Waals surface area contributed by atoms with Gasteiger partial charge in [-0.2, -0.15) is 0 Å². The number of urea groups is 1. The van der Waals surface area contributed by atoms with E-state index in [0.717, 1.165) is 32.4 Å².